The number of phenolic OH excluding ortho intramolecular Hbond substituents is 1. The standard InChI is InChI=1S/C13H17ClN2O3/c1-15-4-6-16(7-5-15)12(13(18)19)9-2-3-11(17)10(14)8-9/h2-3,8,12,17H,4-7H2,1H3,(H,18,19). The Morgan fingerprint density at radius 1 is 1.32 bits per heavy atom. The number of carbonyl (C=O) groups is 1. The fraction of sp³-hybridized carbons (Fsp3) is 0.462. The van der Waals surface area contributed by atoms with E-state index in [0.29, 0.717) is 18.7 Å². The van der Waals surface area contributed by atoms with E-state index in [9.17, 15) is 15.0 Å². The van der Waals surface area contributed by atoms with Crippen LogP contribution in [0.3, 0.4) is 0 Å². The van der Waals surface area contributed by atoms with E-state index < -0.39 is 12.0 Å². The molecule has 1 atom stereocenters. The Bertz CT molecular complexity index is 473. The van der Waals surface area contributed by atoms with Gasteiger partial charge in [0.2, 0.25) is 0 Å². The average Bonchev–Trinajstić information content (AvgIpc) is 2.36. The van der Waals surface area contributed by atoms with Crippen molar-refractivity contribution in [1.29, 1.82) is 0 Å². The Morgan fingerprint density at radius 2 is 1.95 bits per heavy atom. The normalized spacial score (nSPS) is 19.3. The molecule has 6 heteroatoms. The number of aromatic hydroxyl groups is 1. The Balaban J connectivity index is 2.24. The fourth-order valence-electron chi connectivity index (χ4n) is 2.28. The molecule has 2 rings (SSSR count). The molecule has 0 saturated carbocycles. The summed E-state index contributed by atoms with van der Waals surface area (Å²) in [6.45, 7) is 3.09. The van der Waals surface area contributed by atoms with Crippen LogP contribution in [0.1, 0.15) is 11.6 Å². The highest BCUT2D eigenvalue weighted by Crippen LogP contribution is 2.29. The highest BCUT2D eigenvalue weighted by atomic mass is 35.5. The zero-order valence-electron chi connectivity index (χ0n) is 10.7. The van der Waals surface area contributed by atoms with Crippen molar-refractivity contribution in [3.8, 4) is 5.75 Å². The number of hydrogen-bond donors (Lipinski definition) is 2. The van der Waals surface area contributed by atoms with E-state index in [1.807, 2.05) is 11.9 Å². The number of likely N-dealkylation sites (N-methyl/N-ethyl adjacent to an activating group) is 1. The van der Waals surface area contributed by atoms with Gasteiger partial charge in [-0.2, -0.15) is 0 Å². The van der Waals surface area contributed by atoms with Gasteiger partial charge in [-0.25, -0.2) is 0 Å². The van der Waals surface area contributed by atoms with Gasteiger partial charge < -0.3 is 15.1 Å². The number of rotatable bonds is 3. The van der Waals surface area contributed by atoms with Crippen LogP contribution in [0.25, 0.3) is 0 Å². The SMILES string of the molecule is CN1CCN(C(C(=O)O)c2ccc(O)c(Cl)c2)CC1. The number of phenols is 1. The van der Waals surface area contributed by atoms with E-state index >= 15 is 0 Å². The average molecular weight is 285 g/mol. The van der Waals surface area contributed by atoms with Gasteiger partial charge in [0.25, 0.3) is 0 Å². The van der Waals surface area contributed by atoms with Crippen LogP contribution in [0.4, 0.5) is 0 Å². The molecule has 1 aliphatic heterocycles. The lowest BCUT2D eigenvalue weighted by molar-refractivity contribution is -0.144. The molecule has 2 N–H and O–H groups in total. The van der Waals surface area contributed by atoms with Gasteiger partial charge in [-0.3, -0.25) is 9.69 Å². The summed E-state index contributed by atoms with van der Waals surface area (Å²) >= 11 is 5.86. The quantitative estimate of drug-likeness (QED) is 0.879. The number of halogens is 1. The minimum atomic E-state index is -0.897. The van der Waals surface area contributed by atoms with Crippen molar-refractivity contribution in [2.75, 3.05) is 33.2 Å². The number of carboxylic acid groups (broad SMARTS) is 1. The molecule has 104 valence electrons. The molecular formula is C13H17ClN2O3. The van der Waals surface area contributed by atoms with Gasteiger partial charge in [-0.15, -0.1) is 0 Å². The summed E-state index contributed by atoms with van der Waals surface area (Å²) in [5.41, 5.74) is 0.597. The van der Waals surface area contributed by atoms with Gasteiger partial charge in [-0.1, -0.05) is 17.7 Å². The van der Waals surface area contributed by atoms with Crippen LogP contribution in [0.15, 0.2) is 18.2 Å². The summed E-state index contributed by atoms with van der Waals surface area (Å²) in [6.07, 6.45) is 0. The van der Waals surface area contributed by atoms with Crippen molar-refractivity contribution in [3.05, 3.63) is 28.8 Å². The van der Waals surface area contributed by atoms with Gasteiger partial charge in [0.15, 0.2) is 0 Å². The monoisotopic (exact) mass is 284 g/mol. The minimum Gasteiger partial charge on any atom is -0.506 e. The highest BCUT2D eigenvalue weighted by molar-refractivity contribution is 6.32. The van der Waals surface area contributed by atoms with Crippen molar-refractivity contribution in [2.24, 2.45) is 0 Å². The Morgan fingerprint density at radius 3 is 2.47 bits per heavy atom. The van der Waals surface area contributed by atoms with Crippen LogP contribution in [0, 0.1) is 0 Å². The first-order valence-electron chi connectivity index (χ1n) is 6.13. The number of carboxylic acids is 1. The molecule has 19 heavy (non-hydrogen) atoms. The molecule has 0 aromatic heterocycles. The Kier molecular flexibility index (Phi) is 4.29. The zero-order valence-corrected chi connectivity index (χ0v) is 11.5. The van der Waals surface area contributed by atoms with E-state index in [-0.39, 0.29) is 10.8 Å². The summed E-state index contributed by atoms with van der Waals surface area (Å²) in [7, 11) is 2.02. The lowest BCUT2D eigenvalue weighted by Gasteiger charge is -2.36. The fourth-order valence-corrected chi connectivity index (χ4v) is 2.47. The second-order valence-electron chi connectivity index (χ2n) is 4.79. The van der Waals surface area contributed by atoms with Crippen molar-refractivity contribution in [2.45, 2.75) is 6.04 Å². The van der Waals surface area contributed by atoms with E-state index in [2.05, 4.69) is 4.90 Å². The topological polar surface area (TPSA) is 64.0 Å². The third-order valence-electron chi connectivity index (χ3n) is 3.42. The molecule has 1 aromatic rings. The summed E-state index contributed by atoms with van der Waals surface area (Å²) < 4.78 is 0. The molecule has 0 radical (unpaired) electrons. The molecule has 1 fully saturated rings. The molecule has 0 aliphatic carbocycles. The second-order valence-corrected chi connectivity index (χ2v) is 5.20. The van der Waals surface area contributed by atoms with Crippen LogP contribution < -0.4 is 0 Å². The molecule has 5 nitrogen and oxygen atoms in total. The van der Waals surface area contributed by atoms with Gasteiger partial charge in [-0.05, 0) is 24.7 Å². The molecular weight excluding hydrogens is 268 g/mol. The summed E-state index contributed by atoms with van der Waals surface area (Å²) in [5.74, 6) is -0.931. The number of aliphatic carboxylic acids is 1. The van der Waals surface area contributed by atoms with Crippen molar-refractivity contribution in [3.63, 3.8) is 0 Å². The third kappa shape index (κ3) is 3.18. The number of benzene rings is 1. The van der Waals surface area contributed by atoms with Crippen LogP contribution in [-0.2, 0) is 4.79 Å². The maximum atomic E-state index is 11.5. The Hall–Kier alpha value is -1.30. The molecule has 1 heterocycles. The lowest BCUT2D eigenvalue weighted by Crippen LogP contribution is -2.47. The van der Waals surface area contributed by atoms with Gasteiger partial charge in [0.05, 0.1) is 5.02 Å². The molecule has 0 spiro atoms. The Labute approximate surface area is 117 Å². The minimum absolute atomic E-state index is 0.0343. The summed E-state index contributed by atoms with van der Waals surface area (Å²) in [4.78, 5) is 15.6. The zero-order chi connectivity index (χ0) is 14.0. The van der Waals surface area contributed by atoms with E-state index in [1.54, 1.807) is 6.07 Å². The van der Waals surface area contributed by atoms with Crippen molar-refractivity contribution >= 4 is 17.6 Å². The molecule has 1 aliphatic rings. The maximum Gasteiger partial charge on any atom is 0.325 e. The third-order valence-corrected chi connectivity index (χ3v) is 3.73. The lowest BCUT2D eigenvalue weighted by atomic mass is 10.0. The smallest absolute Gasteiger partial charge is 0.325 e. The number of hydrogen-bond acceptors (Lipinski definition) is 4. The molecule has 0 bridgehead atoms. The van der Waals surface area contributed by atoms with Gasteiger partial charge in [0.1, 0.15) is 11.8 Å². The molecule has 1 saturated heterocycles. The first-order chi connectivity index (χ1) is 8.99. The van der Waals surface area contributed by atoms with E-state index in [1.165, 1.54) is 12.1 Å². The predicted octanol–water partition coefficient (Wildman–Crippen LogP) is 1.42. The van der Waals surface area contributed by atoms with E-state index in [0.717, 1.165) is 13.1 Å². The maximum absolute atomic E-state index is 11.5. The van der Waals surface area contributed by atoms with Gasteiger partial charge >= 0.3 is 5.97 Å². The predicted molar refractivity (Wildman–Crippen MR) is 72.6 cm³/mol. The van der Waals surface area contributed by atoms with Crippen LogP contribution in [0.5, 0.6) is 5.75 Å². The molecule has 0 amide bonds. The van der Waals surface area contributed by atoms with Crippen LogP contribution in [-0.4, -0.2) is 59.2 Å². The van der Waals surface area contributed by atoms with Gasteiger partial charge in [0, 0.05) is 26.2 Å². The van der Waals surface area contributed by atoms with Crippen LogP contribution >= 0.6 is 11.6 Å². The largest absolute Gasteiger partial charge is 0.506 e. The van der Waals surface area contributed by atoms with Crippen molar-refractivity contribution in [1.82, 2.24) is 9.80 Å². The van der Waals surface area contributed by atoms with E-state index in [4.69, 9.17) is 11.6 Å². The summed E-state index contributed by atoms with van der Waals surface area (Å²) in [6, 6.07) is 3.85. The second kappa shape index (κ2) is 5.77. The van der Waals surface area contributed by atoms with Crippen molar-refractivity contribution < 1.29 is 15.0 Å². The molecule has 1 unspecified atom stereocenters. The first kappa shape index (κ1) is 14.1. The van der Waals surface area contributed by atoms with Crippen LogP contribution in [0.2, 0.25) is 5.02 Å². The first-order valence-corrected chi connectivity index (χ1v) is 6.50. The molecule has 1 aromatic carbocycles. The summed E-state index contributed by atoms with van der Waals surface area (Å²) in [5, 5.41) is 19.0. The highest BCUT2D eigenvalue weighted by Gasteiger charge is 2.29. The number of nitrogens with zero attached hydrogens (tertiary/aromatic N) is 2. The number of piperazine rings is 1.